The lowest BCUT2D eigenvalue weighted by Crippen LogP contribution is -2.39. The lowest BCUT2D eigenvalue weighted by atomic mass is 9.96. The Kier molecular flexibility index (Phi) is 6.57. The Bertz CT molecular complexity index is 1080. The lowest BCUT2D eigenvalue weighted by Gasteiger charge is -2.31. The smallest absolute Gasteiger partial charge is 0.219 e. The number of nitrogens with zero attached hydrogens (tertiary/aromatic N) is 2. The lowest BCUT2D eigenvalue weighted by molar-refractivity contribution is -0.130. The topological polar surface area (TPSA) is 91.7 Å². The Morgan fingerprint density at radius 2 is 2.12 bits per heavy atom. The third-order valence-electron chi connectivity index (χ3n) is 6.65. The van der Waals surface area contributed by atoms with Crippen LogP contribution in [0.25, 0.3) is 11.0 Å². The molecule has 33 heavy (non-hydrogen) atoms. The number of nitrogens with one attached hydrogen (secondary N) is 3. The minimum Gasteiger partial charge on any atom is -0.464 e. The second-order valence-corrected chi connectivity index (χ2v) is 8.94. The van der Waals surface area contributed by atoms with Crippen LogP contribution in [0.5, 0.6) is 11.6 Å². The first-order valence-electron chi connectivity index (χ1n) is 11.7. The van der Waals surface area contributed by atoms with Crippen LogP contribution in [0.4, 0.5) is 0 Å². The predicted molar refractivity (Wildman–Crippen MR) is 126 cm³/mol. The Morgan fingerprint density at radius 3 is 2.85 bits per heavy atom. The van der Waals surface area contributed by atoms with Crippen molar-refractivity contribution in [1.29, 1.82) is 0 Å². The molecule has 1 aromatic carbocycles. The van der Waals surface area contributed by atoms with Crippen molar-refractivity contribution in [2.75, 3.05) is 26.2 Å². The van der Waals surface area contributed by atoms with Crippen LogP contribution in [0.15, 0.2) is 47.2 Å². The van der Waals surface area contributed by atoms with E-state index in [1.54, 1.807) is 6.92 Å². The summed E-state index contributed by atoms with van der Waals surface area (Å²) in [6, 6.07) is 10.2. The van der Waals surface area contributed by atoms with Gasteiger partial charge in [0, 0.05) is 68.4 Å². The number of carbonyl (C=O) groups excluding carboxylic acids is 1. The standard InChI is InChI=1S/C25H31N5O3/c1-17(31)30-10-7-18(8-11-30)13-26-14-20-16-32-24-12-21(3-4-22(20)24)33-25-5-2-19(15-27-25)23-6-9-28-29-23/h2-5,12,15-16,18,23,26,28-29H,6-11,13-14H2,1H3. The molecule has 1 atom stereocenters. The molecule has 0 aliphatic carbocycles. The zero-order valence-corrected chi connectivity index (χ0v) is 19.0. The third-order valence-corrected chi connectivity index (χ3v) is 6.65. The summed E-state index contributed by atoms with van der Waals surface area (Å²) in [7, 11) is 0. The molecule has 8 heteroatoms. The summed E-state index contributed by atoms with van der Waals surface area (Å²) in [5.41, 5.74) is 9.47. The maximum absolute atomic E-state index is 11.5. The summed E-state index contributed by atoms with van der Waals surface area (Å²) in [6.45, 7) is 6.06. The van der Waals surface area contributed by atoms with Gasteiger partial charge in [-0.05, 0) is 49.4 Å². The van der Waals surface area contributed by atoms with E-state index in [9.17, 15) is 4.79 Å². The molecule has 0 spiro atoms. The zero-order valence-electron chi connectivity index (χ0n) is 19.0. The van der Waals surface area contributed by atoms with Crippen molar-refractivity contribution in [2.45, 2.75) is 38.8 Å². The molecule has 174 valence electrons. The minimum absolute atomic E-state index is 0.182. The number of furan rings is 1. The molecule has 3 aromatic rings. The molecule has 0 saturated carbocycles. The number of carbonyl (C=O) groups is 1. The number of hydrogen-bond donors (Lipinski definition) is 3. The fourth-order valence-electron chi connectivity index (χ4n) is 4.64. The first-order valence-corrected chi connectivity index (χ1v) is 11.7. The number of aromatic nitrogens is 1. The third kappa shape index (κ3) is 5.19. The first-order chi connectivity index (χ1) is 16.2. The largest absolute Gasteiger partial charge is 0.464 e. The summed E-state index contributed by atoms with van der Waals surface area (Å²) >= 11 is 0. The van der Waals surface area contributed by atoms with Crippen molar-refractivity contribution in [3.63, 3.8) is 0 Å². The minimum atomic E-state index is 0.182. The van der Waals surface area contributed by atoms with Gasteiger partial charge in [0.05, 0.1) is 6.26 Å². The number of hydrogen-bond acceptors (Lipinski definition) is 7. The van der Waals surface area contributed by atoms with Crippen molar-refractivity contribution in [3.8, 4) is 11.6 Å². The number of pyridine rings is 1. The van der Waals surface area contributed by atoms with Crippen molar-refractivity contribution in [3.05, 3.63) is 53.9 Å². The molecule has 2 aromatic heterocycles. The van der Waals surface area contributed by atoms with Gasteiger partial charge in [-0.1, -0.05) is 6.07 Å². The van der Waals surface area contributed by atoms with Crippen LogP contribution in [0.3, 0.4) is 0 Å². The van der Waals surface area contributed by atoms with Crippen molar-refractivity contribution in [1.82, 2.24) is 26.1 Å². The van der Waals surface area contributed by atoms with Crippen LogP contribution >= 0.6 is 0 Å². The molecule has 2 saturated heterocycles. The van der Waals surface area contributed by atoms with Crippen LogP contribution < -0.4 is 20.9 Å². The van der Waals surface area contributed by atoms with E-state index in [1.807, 2.05) is 47.7 Å². The van der Waals surface area contributed by atoms with Crippen LogP contribution in [0.1, 0.15) is 43.4 Å². The number of piperidine rings is 1. The summed E-state index contributed by atoms with van der Waals surface area (Å²) in [5, 5.41) is 4.65. The van der Waals surface area contributed by atoms with E-state index in [2.05, 4.69) is 21.2 Å². The molecule has 5 rings (SSSR count). The molecule has 4 heterocycles. The second kappa shape index (κ2) is 9.91. The molecule has 3 N–H and O–H groups in total. The SMILES string of the molecule is CC(=O)N1CCC(CNCc2coc3cc(Oc4ccc(C5CCNN5)cn4)ccc23)CC1. The molecule has 2 fully saturated rings. The fourth-order valence-corrected chi connectivity index (χ4v) is 4.64. The van der Waals surface area contributed by atoms with E-state index in [0.29, 0.717) is 23.6 Å². The molecule has 1 unspecified atom stereocenters. The zero-order chi connectivity index (χ0) is 22.6. The Labute approximate surface area is 193 Å². The average Bonchev–Trinajstić information content (AvgIpc) is 3.50. The summed E-state index contributed by atoms with van der Waals surface area (Å²) in [6.07, 6.45) is 6.84. The highest BCUT2D eigenvalue weighted by atomic mass is 16.5. The van der Waals surface area contributed by atoms with Gasteiger partial charge in [0.25, 0.3) is 0 Å². The summed E-state index contributed by atoms with van der Waals surface area (Å²) < 4.78 is 11.7. The van der Waals surface area contributed by atoms with Gasteiger partial charge < -0.3 is 19.4 Å². The quantitative estimate of drug-likeness (QED) is 0.508. The van der Waals surface area contributed by atoms with Gasteiger partial charge in [-0.25, -0.2) is 4.98 Å². The van der Waals surface area contributed by atoms with Crippen molar-refractivity contribution < 1.29 is 13.9 Å². The molecule has 1 amide bonds. The molecule has 2 aliphatic rings. The van der Waals surface area contributed by atoms with Crippen LogP contribution in [0, 0.1) is 5.92 Å². The maximum Gasteiger partial charge on any atom is 0.219 e. The number of fused-ring (bicyclic) bond motifs is 1. The second-order valence-electron chi connectivity index (χ2n) is 8.94. The van der Waals surface area contributed by atoms with Gasteiger partial charge >= 0.3 is 0 Å². The van der Waals surface area contributed by atoms with E-state index >= 15 is 0 Å². The monoisotopic (exact) mass is 449 g/mol. The van der Waals surface area contributed by atoms with Crippen LogP contribution in [-0.4, -0.2) is 42.0 Å². The Balaban J connectivity index is 1.15. The highest BCUT2D eigenvalue weighted by Gasteiger charge is 2.20. The van der Waals surface area contributed by atoms with Gasteiger partial charge in [-0.3, -0.25) is 15.6 Å². The number of likely N-dealkylation sites (tertiary alicyclic amines) is 1. The van der Waals surface area contributed by atoms with E-state index in [0.717, 1.165) is 74.1 Å². The molecule has 8 nitrogen and oxygen atoms in total. The summed E-state index contributed by atoms with van der Waals surface area (Å²) in [5.74, 6) is 2.06. The predicted octanol–water partition coefficient (Wildman–Crippen LogP) is 3.51. The Morgan fingerprint density at radius 1 is 1.24 bits per heavy atom. The molecular formula is C25H31N5O3. The highest BCUT2D eigenvalue weighted by molar-refractivity contribution is 5.82. The van der Waals surface area contributed by atoms with Gasteiger partial charge in [0.15, 0.2) is 0 Å². The molecule has 0 bridgehead atoms. The van der Waals surface area contributed by atoms with Crippen molar-refractivity contribution in [2.24, 2.45) is 5.92 Å². The number of amides is 1. The fraction of sp³-hybridized carbons (Fsp3) is 0.440. The molecule has 0 radical (unpaired) electrons. The van der Waals surface area contributed by atoms with Crippen LogP contribution in [-0.2, 0) is 11.3 Å². The maximum atomic E-state index is 11.5. The number of ether oxygens (including phenoxy) is 1. The van der Waals surface area contributed by atoms with E-state index < -0.39 is 0 Å². The number of rotatable bonds is 7. The molecule has 2 aliphatic heterocycles. The summed E-state index contributed by atoms with van der Waals surface area (Å²) in [4.78, 5) is 17.9. The van der Waals surface area contributed by atoms with E-state index in [4.69, 9.17) is 9.15 Å². The average molecular weight is 450 g/mol. The van der Waals surface area contributed by atoms with Gasteiger partial charge in [0.2, 0.25) is 11.8 Å². The van der Waals surface area contributed by atoms with E-state index in [-0.39, 0.29) is 5.91 Å². The first kappa shape index (κ1) is 21.9. The van der Waals surface area contributed by atoms with E-state index in [1.165, 1.54) is 0 Å². The normalized spacial score (nSPS) is 19.3. The van der Waals surface area contributed by atoms with Crippen molar-refractivity contribution >= 4 is 16.9 Å². The molecular weight excluding hydrogens is 418 g/mol. The van der Waals surface area contributed by atoms with Gasteiger partial charge in [-0.15, -0.1) is 0 Å². The van der Waals surface area contributed by atoms with Crippen LogP contribution in [0.2, 0.25) is 0 Å². The number of hydrazine groups is 1. The highest BCUT2D eigenvalue weighted by Crippen LogP contribution is 2.29. The Hall–Kier alpha value is -2.94. The van der Waals surface area contributed by atoms with Gasteiger partial charge in [0.1, 0.15) is 11.3 Å². The number of benzene rings is 1. The van der Waals surface area contributed by atoms with Gasteiger partial charge in [-0.2, -0.15) is 0 Å².